The molecule has 1 saturated heterocycles. The topological polar surface area (TPSA) is 75.6 Å². The monoisotopic (exact) mass is 243 g/mol. The molecule has 0 saturated carbocycles. The average molecular weight is 243 g/mol. The van der Waals surface area contributed by atoms with Gasteiger partial charge in [0.15, 0.2) is 0 Å². The Hall–Kier alpha value is -1.10. The van der Waals surface area contributed by atoms with Gasteiger partial charge in [-0.3, -0.25) is 9.59 Å². The van der Waals surface area contributed by atoms with Gasteiger partial charge in [0.25, 0.3) is 0 Å². The molecule has 0 bridgehead atoms. The number of carboxylic acid groups (broad SMARTS) is 1. The van der Waals surface area contributed by atoms with Crippen LogP contribution >= 0.6 is 0 Å². The summed E-state index contributed by atoms with van der Waals surface area (Å²) in [5, 5.41) is 11.6. The molecule has 0 aliphatic carbocycles. The van der Waals surface area contributed by atoms with Gasteiger partial charge in [-0.25, -0.2) is 0 Å². The van der Waals surface area contributed by atoms with E-state index in [0.717, 1.165) is 6.42 Å². The summed E-state index contributed by atoms with van der Waals surface area (Å²) in [7, 11) is 0. The maximum atomic E-state index is 11.7. The molecule has 0 aromatic rings. The first-order valence-corrected chi connectivity index (χ1v) is 6.07. The van der Waals surface area contributed by atoms with Gasteiger partial charge in [-0.2, -0.15) is 0 Å². The van der Waals surface area contributed by atoms with E-state index >= 15 is 0 Å². The minimum atomic E-state index is -0.874. The Morgan fingerprint density at radius 1 is 1.41 bits per heavy atom. The van der Waals surface area contributed by atoms with E-state index in [1.165, 1.54) is 0 Å². The summed E-state index contributed by atoms with van der Waals surface area (Å²) in [5.41, 5.74) is 0. The molecule has 3 unspecified atom stereocenters. The highest BCUT2D eigenvalue weighted by Crippen LogP contribution is 2.19. The van der Waals surface area contributed by atoms with Gasteiger partial charge in [0, 0.05) is 6.54 Å². The van der Waals surface area contributed by atoms with E-state index in [9.17, 15) is 9.59 Å². The summed E-state index contributed by atoms with van der Waals surface area (Å²) in [6.45, 7) is 5.76. The molecule has 1 fully saturated rings. The quantitative estimate of drug-likeness (QED) is 0.756. The van der Waals surface area contributed by atoms with Crippen molar-refractivity contribution in [2.75, 3.05) is 6.54 Å². The Morgan fingerprint density at radius 2 is 2.06 bits per heavy atom. The van der Waals surface area contributed by atoms with Crippen LogP contribution in [0, 0.1) is 11.8 Å². The third-order valence-corrected chi connectivity index (χ3v) is 3.14. The molecule has 0 aromatic carbocycles. The zero-order valence-corrected chi connectivity index (χ0v) is 10.6. The standard InChI is InChI=1S/C12H21NO4/c1-7(2)9(12(15)16)6-13-11(14)10-5-4-8(3)17-10/h7-10H,4-6H2,1-3H3,(H,13,14)(H,15,16). The molecule has 1 aliphatic heterocycles. The van der Waals surface area contributed by atoms with E-state index in [1.807, 2.05) is 20.8 Å². The van der Waals surface area contributed by atoms with Gasteiger partial charge in [-0.15, -0.1) is 0 Å². The van der Waals surface area contributed by atoms with Crippen LogP contribution in [0.25, 0.3) is 0 Å². The van der Waals surface area contributed by atoms with Crippen molar-refractivity contribution in [3.63, 3.8) is 0 Å². The molecular formula is C12H21NO4. The zero-order chi connectivity index (χ0) is 13.0. The molecule has 1 amide bonds. The number of nitrogens with one attached hydrogen (secondary N) is 1. The fourth-order valence-electron chi connectivity index (χ4n) is 1.93. The highest BCUT2D eigenvalue weighted by atomic mass is 16.5. The lowest BCUT2D eigenvalue weighted by atomic mass is 9.96. The molecule has 1 rings (SSSR count). The van der Waals surface area contributed by atoms with Gasteiger partial charge in [-0.05, 0) is 25.7 Å². The molecule has 98 valence electrons. The number of rotatable bonds is 5. The number of aliphatic carboxylic acids is 1. The maximum Gasteiger partial charge on any atom is 0.308 e. The van der Waals surface area contributed by atoms with Crippen LogP contribution in [-0.2, 0) is 14.3 Å². The summed E-state index contributed by atoms with van der Waals surface area (Å²) in [5.74, 6) is -1.61. The first-order chi connectivity index (χ1) is 7.91. The van der Waals surface area contributed by atoms with Gasteiger partial charge in [0.1, 0.15) is 6.10 Å². The summed E-state index contributed by atoms with van der Waals surface area (Å²) in [4.78, 5) is 22.7. The van der Waals surface area contributed by atoms with Crippen LogP contribution in [0.3, 0.4) is 0 Å². The van der Waals surface area contributed by atoms with E-state index in [1.54, 1.807) is 0 Å². The minimum absolute atomic E-state index is 0.00350. The van der Waals surface area contributed by atoms with Crippen molar-refractivity contribution in [1.29, 1.82) is 0 Å². The number of carboxylic acids is 1. The molecule has 5 heteroatoms. The van der Waals surface area contributed by atoms with Crippen LogP contribution in [0.2, 0.25) is 0 Å². The molecule has 0 spiro atoms. The fraction of sp³-hybridized carbons (Fsp3) is 0.833. The van der Waals surface area contributed by atoms with Crippen LogP contribution in [0.5, 0.6) is 0 Å². The predicted octanol–water partition coefficient (Wildman–Crippen LogP) is 1.03. The molecule has 2 N–H and O–H groups in total. The van der Waals surface area contributed by atoms with Crippen LogP contribution in [0.1, 0.15) is 33.6 Å². The van der Waals surface area contributed by atoms with Crippen molar-refractivity contribution < 1.29 is 19.4 Å². The molecule has 0 aromatic heterocycles. The number of carbonyl (C=O) groups is 2. The van der Waals surface area contributed by atoms with Crippen LogP contribution in [-0.4, -0.2) is 35.7 Å². The lowest BCUT2D eigenvalue weighted by Crippen LogP contribution is -2.40. The maximum absolute atomic E-state index is 11.7. The van der Waals surface area contributed by atoms with E-state index in [4.69, 9.17) is 9.84 Å². The third-order valence-electron chi connectivity index (χ3n) is 3.14. The lowest BCUT2D eigenvalue weighted by Gasteiger charge is -2.18. The fourth-order valence-corrected chi connectivity index (χ4v) is 1.93. The minimum Gasteiger partial charge on any atom is -0.481 e. The summed E-state index contributed by atoms with van der Waals surface area (Å²) >= 11 is 0. The van der Waals surface area contributed by atoms with E-state index < -0.39 is 18.0 Å². The van der Waals surface area contributed by atoms with Gasteiger partial charge in [0.2, 0.25) is 5.91 Å². The summed E-state index contributed by atoms with van der Waals surface area (Å²) in [6.07, 6.45) is 1.30. The van der Waals surface area contributed by atoms with Crippen molar-refractivity contribution >= 4 is 11.9 Å². The largest absolute Gasteiger partial charge is 0.481 e. The highest BCUT2D eigenvalue weighted by Gasteiger charge is 2.29. The van der Waals surface area contributed by atoms with Crippen molar-refractivity contribution in [1.82, 2.24) is 5.32 Å². The second kappa shape index (κ2) is 6.00. The lowest BCUT2D eigenvalue weighted by molar-refractivity contribution is -0.143. The molecule has 1 aliphatic rings. The second-order valence-electron chi connectivity index (χ2n) is 4.95. The smallest absolute Gasteiger partial charge is 0.308 e. The van der Waals surface area contributed by atoms with E-state index in [-0.39, 0.29) is 24.5 Å². The Kier molecular flexibility index (Phi) is 4.93. The van der Waals surface area contributed by atoms with Crippen molar-refractivity contribution in [3.8, 4) is 0 Å². The number of hydrogen-bond donors (Lipinski definition) is 2. The third kappa shape index (κ3) is 4.00. The predicted molar refractivity (Wildman–Crippen MR) is 62.5 cm³/mol. The Balaban J connectivity index is 2.39. The first kappa shape index (κ1) is 14.0. The second-order valence-corrected chi connectivity index (χ2v) is 4.95. The molecular weight excluding hydrogens is 222 g/mol. The van der Waals surface area contributed by atoms with E-state index in [0.29, 0.717) is 6.42 Å². The SMILES string of the molecule is CC1CCC(C(=O)NCC(C(=O)O)C(C)C)O1. The Bertz CT molecular complexity index is 290. The number of amides is 1. The van der Waals surface area contributed by atoms with Gasteiger partial charge in [-0.1, -0.05) is 13.8 Å². The molecule has 3 atom stereocenters. The van der Waals surface area contributed by atoms with Crippen molar-refractivity contribution in [3.05, 3.63) is 0 Å². The van der Waals surface area contributed by atoms with Gasteiger partial charge >= 0.3 is 5.97 Å². The molecule has 1 heterocycles. The van der Waals surface area contributed by atoms with Crippen LogP contribution < -0.4 is 5.32 Å². The Morgan fingerprint density at radius 3 is 2.47 bits per heavy atom. The summed E-state index contributed by atoms with van der Waals surface area (Å²) < 4.78 is 5.42. The Labute approximate surface area is 102 Å². The van der Waals surface area contributed by atoms with Gasteiger partial charge in [0.05, 0.1) is 12.0 Å². The normalized spacial score (nSPS) is 25.9. The number of hydrogen-bond acceptors (Lipinski definition) is 3. The molecule has 5 nitrogen and oxygen atoms in total. The zero-order valence-electron chi connectivity index (χ0n) is 10.6. The van der Waals surface area contributed by atoms with Crippen LogP contribution in [0.4, 0.5) is 0 Å². The average Bonchev–Trinajstić information content (AvgIpc) is 2.63. The van der Waals surface area contributed by atoms with E-state index in [2.05, 4.69) is 5.32 Å². The van der Waals surface area contributed by atoms with Crippen molar-refractivity contribution in [2.45, 2.75) is 45.8 Å². The summed E-state index contributed by atoms with van der Waals surface area (Å²) in [6, 6.07) is 0. The van der Waals surface area contributed by atoms with Crippen LogP contribution in [0.15, 0.2) is 0 Å². The number of ether oxygens (including phenoxy) is 1. The highest BCUT2D eigenvalue weighted by molar-refractivity contribution is 5.81. The molecule has 17 heavy (non-hydrogen) atoms. The first-order valence-electron chi connectivity index (χ1n) is 6.07. The number of carbonyl (C=O) groups excluding carboxylic acids is 1. The molecule has 0 radical (unpaired) electrons. The van der Waals surface area contributed by atoms with Gasteiger partial charge < -0.3 is 15.2 Å². The van der Waals surface area contributed by atoms with Crippen molar-refractivity contribution in [2.24, 2.45) is 11.8 Å².